The van der Waals surface area contributed by atoms with Crippen molar-refractivity contribution in [2.45, 2.75) is 250 Å². The molecule has 1 saturated heterocycles. The lowest BCUT2D eigenvalue weighted by Crippen LogP contribution is -2.61. The molecule has 0 aromatic rings. The van der Waals surface area contributed by atoms with Crippen LogP contribution in [0.3, 0.4) is 0 Å². The predicted molar refractivity (Wildman–Crippen MR) is 294 cm³/mol. The van der Waals surface area contributed by atoms with Gasteiger partial charge in [-0.25, -0.2) is 4.79 Å². The number of esters is 3. The van der Waals surface area contributed by atoms with Crippen LogP contribution in [0.5, 0.6) is 0 Å². The first-order valence-electron chi connectivity index (χ1n) is 28.2. The minimum Gasteiger partial charge on any atom is -0.479 e. The summed E-state index contributed by atoms with van der Waals surface area (Å²) in [6, 6.07) is 0. The molecule has 0 aliphatic carbocycles. The van der Waals surface area contributed by atoms with E-state index in [-0.39, 0.29) is 25.9 Å². The molecule has 0 radical (unpaired) electrons. The smallest absolute Gasteiger partial charge is 0.335 e. The third-order valence-corrected chi connectivity index (χ3v) is 12.2. The summed E-state index contributed by atoms with van der Waals surface area (Å²) >= 11 is 0. The van der Waals surface area contributed by atoms with Gasteiger partial charge in [-0.15, -0.1) is 0 Å². The van der Waals surface area contributed by atoms with E-state index in [0.29, 0.717) is 32.1 Å². The van der Waals surface area contributed by atoms with Crippen molar-refractivity contribution in [2.24, 2.45) is 0 Å². The number of rotatable bonds is 46. The van der Waals surface area contributed by atoms with Crippen LogP contribution in [0.15, 0.2) is 97.2 Å². The van der Waals surface area contributed by atoms with Crippen molar-refractivity contribution in [3.63, 3.8) is 0 Å². The molecule has 1 rings (SSSR count). The molecule has 73 heavy (non-hydrogen) atoms. The molecule has 1 aliphatic heterocycles. The Balaban J connectivity index is 2.77. The van der Waals surface area contributed by atoms with E-state index in [2.05, 4.69) is 106 Å². The van der Waals surface area contributed by atoms with Crippen molar-refractivity contribution in [1.82, 2.24) is 0 Å². The summed E-state index contributed by atoms with van der Waals surface area (Å²) < 4.78 is 28.2. The quantitative estimate of drug-likeness (QED) is 0.0228. The van der Waals surface area contributed by atoms with Crippen molar-refractivity contribution in [3.05, 3.63) is 97.2 Å². The van der Waals surface area contributed by atoms with Gasteiger partial charge in [0.25, 0.3) is 0 Å². The van der Waals surface area contributed by atoms with Crippen molar-refractivity contribution in [1.29, 1.82) is 0 Å². The zero-order chi connectivity index (χ0) is 53.3. The Bertz CT molecular complexity index is 1640. The number of hydrogen-bond donors (Lipinski definition) is 3. The number of carbonyl (C=O) groups excluding carboxylic acids is 3. The van der Waals surface area contributed by atoms with E-state index in [9.17, 15) is 34.5 Å². The fourth-order valence-electron chi connectivity index (χ4n) is 7.90. The van der Waals surface area contributed by atoms with Crippen LogP contribution in [0.1, 0.15) is 213 Å². The second-order valence-corrected chi connectivity index (χ2v) is 18.8. The van der Waals surface area contributed by atoms with Crippen molar-refractivity contribution < 1.29 is 58.2 Å². The largest absolute Gasteiger partial charge is 0.479 e. The Morgan fingerprint density at radius 2 is 0.890 bits per heavy atom. The molecule has 1 fully saturated rings. The van der Waals surface area contributed by atoms with Gasteiger partial charge in [0.1, 0.15) is 18.8 Å². The lowest BCUT2D eigenvalue weighted by atomic mass is 9.98. The number of allylic oxidation sites excluding steroid dienone is 16. The van der Waals surface area contributed by atoms with Crippen LogP contribution in [0.25, 0.3) is 0 Å². The van der Waals surface area contributed by atoms with Crippen LogP contribution in [-0.2, 0) is 42.9 Å². The Morgan fingerprint density at radius 3 is 1.37 bits per heavy atom. The summed E-state index contributed by atoms with van der Waals surface area (Å²) in [5.74, 6) is -3.29. The van der Waals surface area contributed by atoms with E-state index in [0.717, 1.165) is 70.6 Å². The SMILES string of the molecule is CC/C=C\C/C=C\C/C=C\C/C=C\CCCCC(=O)OC1C(OCC(COC(=O)CCCCCCCCCCCCCCCCC)OC(=O)CC/C=C\C/C=C\C/C=C\C/C=C\CC)OC(C(=O)O)C(O)C1O. The van der Waals surface area contributed by atoms with Gasteiger partial charge in [-0.05, 0) is 83.5 Å². The third kappa shape index (κ3) is 38.8. The Morgan fingerprint density at radius 1 is 0.466 bits per heavy atom. The fourth-order valence-corrected chi connectivity index (χ4v) is 7.90. The van der Waals surface area contributed by atoms with Crippen LogP contribution in [0.2, 0.25) is 0 Å². The summed E-state index contributed by atoms with van der Waals surface area (Å²) in [4.78, 5) is 51.0. The van der Waals surface area contributed by atoms with E-state index in [1.54, 1.807) is 0 Å². The minimum atomic E-state index is -1.93. The van der Waals surface area contributed by atoms with Crippen LogP contribution >= 0.6 is 0 Å². The van der Waals surface area contributed by atoms with Gasteiger partial charge < -0.3 is 39.0 Å². The molecule has 0 saturated carbocycles. The minimum absolute atomic E-state index is 0.00323. The first-order chi connectivity index (χ1) is 35.6. The monoisotopic (exact) mass is 1020 g/mol. The second kappa shape index (κ2) is 48.6. The number of aliphatic carboxylic acids is 1. The van der Waals surface area contributed by atoms with E-state index in [1.807, 2.05) is 12.2 Å². The molecule has 3 N–H and O–H groups in total. The maximum Gasteiger partial charge on any atom is 0.335 e. The molecule has 0 aromatic heterocycles. The van der Waals surface area contributed by atoms with Gasteiger partial charge in [0.2, 0.25) is 0 Å². The zero-order valence-corrected chi connectivity index (χ0v) is 45.3. The topological polar surface area (TPSA) is 175 Å². The lowest BCUT2D eigenvalue weighted by Gasteiger charge is -2.40. The first kappa shape index (κ1) is 66.7. The maximum absolute atomic E-state index is 13.1. The van der Waals surface area contributed by atoms with Gasteiger partial charge in [-0.3, -0.25) is 14.4 Å². The first-order valence-corrected chi connectivity index (χ1v) is 28.2. The molecule has 12 nitrogen and oxygen atoms in total. The summed E-state index contributed by atoms with van der Waals surface area (Å²) in [6.45, 7) is 5.67. The average molecular weight is 1020 g/mol. The molecule has 0 aromatic carbocycles. The van der Waals surface area contributed by atoms with Gasteiger partial charge in [0.15, 0.2) is 24.6 Å². The van der Waals surface area contributed by atoms with E-state index in [1.165, 1.54) is 70.6 Å². The van der Waals surface area contributed by atoms with Gasteiger partial charge in [-0.2, -0.15) is 0 Å². The van der Waals surface area contributed by atoms with Gasteiger partial charge >= 0.3 is 23.9 Å². The summed E-state index contributed by atoms with van der Waals surface area (Å²) in [7, 11) is 0. The van der Waals surface area contributed by atoms with Crippen molar-refractivity contribution >= 4 is 23.9 Å². The highest BCUT2D eigenvalue weighted by Crippen LogP contribution is 2.26. The summed E-state index contributed by atoms with van der Waals surface area (Å²) in [6.07, 6.45) is 51.2. The molecule has 1 aliphatic rings. The maximum atomic E-state index is 13.1. The van der Waals surface area contributed by atoms with E-state index < -0.39 is 67.3 Å². The third-order valence-electron chi connectivity index (χ3n) is 12.2. The molecule has 6 atom stereocenters. The second-order valence-electron chi connectivity index (χ2n) is 18.8. The zero-order valence-electron chi connectivity index (χ0n) is 45.3. The van der Waals surface area contributed by atoms with E-state index >= 15 is 0 Å². The number of carboxylic acid groups (broad SMARTS) is 1. The Labute approximate surface area is 441 Å². The molecular weight excluding hydrogens is 925 g/mol. The number of ether oxygens (including phenoxy) is 5. The molecule has 414 valence electrons. The van der Waals surface area contributed by atoms with Crippen LogP contribution in [0, 0.1) is 0 Å². The number of aliphatic hydroxyl groups excluding tert-OH is 2. The van der Waals surface area contributed by atoms with Crippen molar-refractivity contribution in [2.75, 3.05) is 13.2 Å². The number of carboxylic acids is 1. The van der Waals surface area contributed by atoms with Crippen LogP contribution in [-0.4, -0.2) is 89.2 Å². The van der Waals surface area contributed by atoms with Crippen molar-refractivity contribution in [3.8, 4) is 0 Å². The Hall–Kier alpha value is -4.36. The molecule has 12 heteroatoms. The molecule has 0 amide bonds. The lowest BCUT2D eigenvalue weighted by molar-refractivity contribution is -0.301. The highest BCUT2D eigenvalue weighted by molar-refractivity contribution is 5.74. The van der Waals surface area contributed by atoms with Crippen LogP contribution in [0.4, 0.5) is 0 Å². The molecule has 0 spiro atoms. The fraction of sp³-hybridized carbons (Fsp3) is 0.672. The molecule has 6 unspecified atom stereocenters. The highest BCUT2D eigenvalue weighted by atomic mass is 16.7. The van der Waals surface area contributed by atoms with E-state index in [4.69, 9.17) is 23.7 Å². The average Bonchev–Trinajstić information content (AvgIpc) is 3.37. The number of hydrogen-bond acceptors (Lipinski definition) is 11. The molecule has 0 bridgehead atoms. The number of carbonyl (C=O) groups is 4. The number of aliphatic hydroxyl groups is 2. The standard InChI is InChI=1S/C61H98O12/c1-4-7-10-13-16-19-22-25-27-30-32-35-38-41-44-47-53(62)69-50-52(71-54(63)48-45-42-39-36-33-29-24-21-18-15-12-9-6-3)51-70-61-59(57(66)56(65)58(73-61)60(67)68)72-55(64)49-46-43-40-37-34-31-28-26-23-20-17-14-11-8-5-2/h8-9,11-12,17-18,20-21,26,28-29,33-34,37,39,42,52,56-59,61,65-66H,4-7,10,13-16,19,22-25,27,30-32,35-36,38,40-41,43-51H2,1-3H3,(H,67,68)/b11-8-,12-9-,20-17-,21-18-,28-26-,33-29-,37-34-,42-39-. The van der Waals surface area contributed by atoms with Crippen LogP contribution < -0.4 is 0 Å². The predicted octanol–water partition coefficient (Wildman–Crippen LogP) is 14.1. The van der Waals surface area contributed by atoms with Gasteiger partial charge in [-0.1, -0.05) is 208 Å². The molecular formula is C61H98O12. The summed E-state index contributed by atoms with van der Waals surface area (Å²) in [5.41, 5.74) is 0. The Kier molecular flexibility index (Phi) is 44.4. The summed E-state index contributed by atoms with van der Waals surface area (Å²) in [5, 5.41) is 31.4. The van der Waals surface area contributed by atoms with Gasteiger partial charge in [0, 0.05) is 19.3 Å². The van der Waals surface area contributed by atoms with Gasteiger partial charge in [0.05, 0.1) is 6.61 Å². The molecule has 1 heterocycles. The highest BCUT2D eigenvalue weighted by Gasteiger charge is 2.50. The normalized spacial score (nSPS) is 19.1. The number of unbranched alkanes of at least 4 members (excludes halogenated alkanes) is 16.